The molecule has 5 nitrogen and oxygen atoms in total. The van der Waals surface area contributed by atoms with Crippen molar-refractivity contribution in [3.8, 4) is 0 Å². The van der Waals surface area contributed by atoms with Crippen LogP contribution in [0.1, 0.15) is 31.8 Å². The highest BCUT2D eigenvalue weighted by Gasteiger charge is 2.14. The number of hydrogen-bond acceptors (Lipinski definition) is 3. The lowest BCUT2D eigenvalue weighted by Crippen LogP contribution is -2.05. The lowest BCUT2D eigenvalue weighted by Gasteiger charge is -2.06. The molecule has 0 saturated heterocycles. The van der Waals surface area contributed by atoms with Crippen molar-refractivity contribution in [3.05, 3.63) is 76.9 Å². The van der Waals surface area contributed by atoms with Crippen molar-refractivity contribution in [2.45, 2.75) is 0 Å². The Morgan fingerprint density at radius 1 is 0.864 bits per heavy atom. The monoisotopic (exact) mass is 296 g/mol. The van der Waals surface area contributed by atoms with E-state index < -0.39 is 11.9 Å². The first-order valence-corrected chi connectivity index (χ1v) is 6.37. The molecule has 0 fully saturated rings. The molecule has 0 atom stereocenters. The molecule has 0 radical (unpaired) electrons. The Morgan fingerprint density at radius 2 is 1.55 bits per heavy atom. The van der Waals surface area contributed by atoms with Crippen LogP contribution in [0.25, 0.3) is 6.08 Å². The minimum atomic E-state index is -1.20. The molecule has 22 heavy (non-hydrogen) atoms. The molecule has 110 valence electrons. The van der Waals surface area contributed by atoms with Crippen LogP contribution in [0.4, 0.5) is 0 Å². The number of benzene rings is 2. The fourth-order valence-electron chi connectivity index (χ4n) is 1.95. The lowest BCUT2D eigenvalue weighted by atomic mass is 9.98. The van der Waals surface area contributed by atoms with E-state index in [-0.39, 0.29) is 16.9 Å². The fraction of sp³-hybridized carbons (Fsp3) is 0. The molecule has 0 aliphatic carbocycles. The topological polar surface area (TPSA) is 91.7 Å². The van der Waals surface area contributed by atoms with E-state index in [2.05, 4.69) is 0 Å². The summed E-state index contributed by atoms with van der Waals surface area (Å²) >= 11 is 0. The zero-order chi connectivity index (χ0) is 16.1. The van der Waals surface area contributed by atoms with Gasteiger partial charge in [0, 0.05) is 17.2 Å². The molecule has 0 spiro atoms. The van der Waals surface area contributed by atoms with Crippen molar-refractivity contribution in [1.29, 1.82) is 0 Å². The van der Waals surface area contributed by atoms with Gasteiger partial charge < -0.3 is 10.2 Å². The van der Waals surface area contributed by atoms with Crippen molar-refractivity contribution >= 4 is 23.8 Å². The van der Waals surface area contributed by atoms with Gasteiger partial charge in [0.2, 0.25) is 0 Å². The third kappa shape index (κ3) is 3.46. The van der Waals surface area contributed by atoms with Crippen LogP contribution in [0.15, 0.2) is 54.6 Å². The smallest absolute Gasteiger partial charge is 0.336 e. The van der Waals surface area contributed by atoms with Crippen molar-refractivity contribution in [2.24, 2.45) is 0 Å². The average molecular weight is 296 g/mol. The first-order chi connectivity index (χ1) is 10.5. The van der Waals surface area contributed by atoms with Gasteiger partial charge in [0.25, 0.3) is 0 Å². The van der Waals surface area contributed by atoms with Gasteiger partial charge in [0.05, 0.1) is 5.56 Å². The van der Waals surface area contributed by atoms with Crippen LogP contribution >= 0.6 is 0 Å². The molecule has 0 aromatic heterocycles. The fourth-order valence-corrected chi connectivity index (χ4v) is 1.95. The van der Waals surface area contributed by atoms with E-state index in [0.29, 0.717) is 11.1 Å². The summed E-state index contributed by atoms with van der Waals surface area (Å²) in [7, 11) is 0. The highest BCUT2D eigenvalue weighted by Crippen LogP contribution is 2.17. The maximum atomic E-state index is 12.3. The van der Waals surface area contributed by atoms with Gasteiger partial charge >= 0.3 is 11.9 Å². The summed E-state index contributed by atoms with van der Waals surface area (Å²) in [6.45, 7) is 0. The Labute approximate surface area is 126 Å². The summed E-state index contributed by atoms with van der Waals surface area (Å²) in [5.41, 5.74) is 0.860. The zero-order valence-corrected chi connectivity index (χ0v) is 11.4. The number of carboxylic acids is 2. The molecule has 2 rings (SSSR count). The molecule has 0 heterocycles. The average Bonchev–Trinajstić information content (AvgIpc) is 2.52. The van der Waals surface area contributed by atoms with Gasteiger partial charge in [-0.25, -0.2) is 9.59 Å². The molecular weight excluding hydrogens is 284 g/mol. The van der Waals surface area contributed by atoms with E-state index in [9.17, 15) is 14.4 Å². The second-order valence-corrected chi connectivity index (χ2v) is 4.47. The molecule has 0 bridgehead atoms. The Hall–Kier alpha value is -3.21. The molecule has 2 aromatic carbocycles. The van der Waals surface area contributed by atoms with Gasteiger partial charge in [-0.3, -0.25) is 4.79 Å². The molecule has 5 heteroatoms. The number of hydrogen-bond donors (Lipinski definition) is 2. The molecular formula is C17H12O5. The van der Waals surface area contributed by atoms with Crippen LogP contribution in [0.2, 0.25) is 0 Å². The predicted molar refractivity (Wildman–Crippen MR) is 79.9 cm³/mol. The number of aliphatic carboxylic acids is 1. The molecule has 0 unspecified atom stereocenters. The second kappa shape index (κ2) is 6.49. The van der Waals surface area contributed by atoms with E-state index in [1.165, 1.54) is 18.2 Å². The van der Waals surface area contributed by atoms with Gasteiger partial charge in [-0.1, -0.05) is 36.4 Å². The van der Waals surface area contributed by atoms with Crippen LogP contribution in [0.3, 0.4) is 0 Å². The first-order valence-electron chi connectivity index (χ1n) is 6.37. The summed E-state index contributed by atoms with van der Waals surface area (Å²) in [4.78, 5) is 34.1. The highest BCUT2D eigenvalue weighted by molar-refractivity contribution is 6.10. The normalized spacial score (nSPS) is 10.5. The summed E-state index contributed by atoms with van der Waals surface area (Å²) < 4.78 is 0. The van der Waals surface area contributed by atoms with Crippen LogP contribution in [0.5, 0.6) is 0 Å². The molecule has 2 aromatic rings. The largest absolute Gasteiger partial charge is 0.478 e. The van der Waals surface area contributed by atoms with E-state index in [1.807, 2.05) is 0 Å². The second-order valence-electron chi connectivity index (χ2n) is 4.47. The summed E-state index contributed by atoms with van der Waals surface area (Å²) in [6, 6.07) is 12.6. The van der Waals surface area contributed by atoms with Crippen LogP contribution in [-0.2, 0) is 4.79 Å². The Kier molecular flexibility index (Phi) is 4.48. The zero-order valence-electron chi connectivity index (χ0n) is 11.4. The molecule has 0 aliphatic rings. The predicted octanol–water partition coefficient (Wildman–Crippen LogP) is 2.71. The Morgan fingerprint density at radius 3 is 2.14 bits per heavy atom. The van der Waals surface area contributed by atoms with Gasteiger partial charge in [-0.2, -0.15) is 0 Å². The van der Waals surface area contributed by atoms with E-state index in [0.717, 1.165) is 12.2 Å². The summed E-state index contributed by atoms with van der Waals surface area (Å²) in [6.07, 6.45) is 1.99. The molecule has 2 N–H and O–H groups in total. The maximum absolute atomic E-state index is 12.3. The number of carboxylic acid groups (broad SMARTS) is 2. The minimum absolute atomic E-state index is 0.0675. The standard InChI is InChI=1S/C17H12O5/c18-15(19)9-7-12-10-13(6-8-14(12)17(21)22)16(20)11-4-2-1-3-5-11/h1-10H,(H,18,19)(H,21,22)/b9-7+. The minimum Gasteiger partial charge on any atom is -0.478 e. The summed E-state index contributed by atoms with van der Waals surface area (Å²) in [5, 5.41) is 17.8. The summed E-state index contributed by atoms with van der Waals surface area (Å²) in [5.74, 6) is -2.65. The number of aromatic carboxylic acids is 1. The maximum Gasteiger partial charge on any atom is 0.336 e. The van der Waals surface area contributed by atoms with Crippen molar-refractivity contribution in [2.75, 3.05) is 0 Å². The van der Waals surface area contributed by atoms with Crippen LogP contribution < -0.4 is 0 Å². The van der Waals surface area contributed by atoms with E-state index in [1.54, 1.807) is 30.3 Å². The molecule has 0 saturated carbocycles. The molecule has 0 aliphatic heterocycles. The van der Waals surface area contributed by atoms with Gasteiger partial charge in [0.15, 0.2) is 5.78 Å². The van der Waals surface area contributed by atoms with Crippen molar-refractivity contribution < 1.29 is 24.6 Å². The Balaban J connectivity index is 2.46. The van der Waals surface area contributed by atoms with Crippen LogP contribution in [-0.4, -0.2) is 27.9 Å². The number of rotatable bonds is 5. The highest BCUT2D eigenvalue weighted by atomic mass is 16.4. The third-order valence-electron chi connectivity index (χ3n) is 2.99. The number of carbonyl (C=O) groups is 3. The number of carbonyl (C=O) groups excluding carboxylic acids is 1. The third-order valence-corrected chi connectivity index (χ3v) is 2.99. The first kappa shape index (κ1) is 15.2. The molecule has 0 amide bonds. The van der Waals surface area contributed by atoms with Gasteiger partial charge in [0.1, 0.15) is 0 Å². The number of ketones is 1. The van der Waals surface area contributed by atoms with E-state index >= 15 is 0 Å². The lowest BCUT2D eigenvalue weighted by molar-refractivity contribution is -0.131. The van der Waals surface area contributed by atoms with Gasteiger partial charge in [-0.05, 0) is 23.8 Å². The SMILES string of the molecule is O=C(O)/C=C/c1cc(C(=O)c2ccccc2)ccc1C(=O)O. The van der Waals surface area contributed by atoms with Gasteiger partial charge in [-0.15, -0.1) is 0 Å². The van der Waals surface area contributed by atoms with Crippen molar-refractivity contribution in [1.82, 2.24) is 0 Å². The Bertz CT molecular complexity index is 760. The quantitative estimate of drug-likeness (QED) is 0.654. The van der Waals surface area contributed by atoms with Crippen molar-refractivity contribution in [3.63, 3.8) is 0 Å². The van der Waals surface area contributed by atoms with Crippen LogP contribution in [0, 0.1) is 0 Å². The van der Waals surface area contributed by atoms with E-state index in [4.69, 9.17) is 10.2 Å².